The fourth-order valence-corrected chi connectivity index (χ4v) is 2.68. The fourth-order valence-electron chi connectivity index (χ4n) is 2.68. The molecular formula is C14H22N4O2. The lowest BCUT2D eigenvalue weighted by atomic mass is 10.1. The zero-order chi connectivity index (χ0) is 13.8. The van der Waals surface area contributed by atoms with Crippen LogP contribution in [0.25, 0.3) is 0 Å². The van der Waals surface area contributed by atoms with E-state index in [0.29, 0.717) is 19.1 Å². The van der Waals surface area contributed by atoms with Crippen molar-refractivity contribution in [3.8, 4) is 0 Å². The van der Waals surface area contributed by atoms with Crippen molar-refractivity contribution in [3.05, 3.63) is 24.2 Å². The van der Waals surface area contributed by atoms with Crippen molar-refractivity contribution >= 4 is 5.91 Å². The molecule has 0 saturated carbocycles. The van der Waals surface area contributed by atoms with Crippen molar-refractivity contribution < 1.29 is 9.21 Å². The van der Waals surface area contributed by atoms with Gasteiger partial charge in [0.05, 0.1) is 19.4 Å². The molecule has 0 bridgehead atoms. The highest BCUT2D eigenvalue weighted by Gasteiger charge is 2.28. The quantitative estimate of drug-likeness (QED) is 0.759. The molecule has 0 aromatic carbocycles. The first-order valence-electron chi connectivity index (χ1n) is 7.27. The van der Waals surface area contributed by atoms with Gasteiger partial charge in [-0.3, -0.25) is 14.6 Å². The van der Waals surface area contributed by atoms with E-state index in [1.807, 2.05) is 12.1 Å². The van der Waals surface area contributed by atoms with Crippen LogP contribution in [0.15, 0.2) is 22.8 Å². The predicted octanol–water partition coefficient (Wildman–Crippen LogP) is -0.515. The van der Waals surface area contributed by atoms with E-state index in [0.717, 1.165) is 45.0 Å². The molecule has 2 aliphatic heterocycles. The summed E-state index contributed by atoms with van der Waals surface area (Å²) in [6.07, 6.45) is 1.62. The minimum Gasteiger partial charge on any atom is -0.467 e. The number of hydrogen-bond acceptors (Lipinski definition) is 5. The van der Waals surface area contributed by atoms with Gasteiger partial charge in [0, 0.05) is 45.3 Å². The molecule has 2 saturated heterocycles. The molecule has 2 fully saturated rings. The number of amides is 1. The third-order valence-electron chi connectivity index (χ3n) is 4.09. The lowest BCUT2D eigenvalue weighted by Crippen LogP contribution is -2.62. The number of carbonyl (C=O) groups excluding carboxylic acids is 1. The summed E-state index contributed by atoms with van der Waals surface area (Å²) in [5, 5.41) is 6.19. The third kappa shape index (κ3) is 3.39. The summed E-state index contributed by atoms with van der Waals surface area (Å²) >= 11 is 0. The summed E-state index contributed by atoms with van der Waals surface area (Å²) in [6.45, 7) is 7.27. The number of nitrogens with zero attached hydrogens (tertiary/aromatic N) is 2. The maximum atomic E-state index is 11.9. The summed E-state index contributed by atoms with van der Waals surface area (Å²) in [5.41, 5.74) is 0. The monoisotopic (exact) mass is 278 g/mol. The predicted molar refractivity (Wildman–Crippen MR) is 75.2 cm³/mol. The van der Waals surface area contributed by atoms with E-state index in [2.05, 4.69) is 20.4 Å². The summed E-state index contributed by atoms with van der Waals surface area (Å²) < 4.78 is 5.19. The van der Waals surface area contributed by atoms with Gasteiger partial charge in [0.1, 0.15) is 5.76 Å². The average Bonchev–Trinajstić information content (AvgIpc) is 2.90. The van der Waals surface area contributed by atoms with Gasteiger partial charge in [-0.2, -0.15) is 0 Å². The van der Waals surface area contributed by atoms with Gasteiger partial charge in [0.15, 0.2) is 0 Å². The van der Waals surface area contributed by atoms with E-state index >= 15 is 0 Å². The van der Waals surface area contributed by atoms with Crippen LogP contribution in [0.5, 0.6) is 0 Å². The van der Waals surface area contributed by atoms with E-state index in [1.165, 1.54) is 0 Å². The SMILES string of the molecule is O=C(CN1CCN(C2CNC2)CC1)NCc1ccco1. The summed E-state index contributed by atoms with van der Waals surface area (Å²) in [5.74, 6) is 0.862. The Balaban J connectivity index is 1.35. The van der Waals surface area contributed by atoms with Gasteiger partial charge in [-0.25, -0.2) is 0 Å². The maximum Gasteiger partial charge on any atom is 0.234 e. The summed E-state index contributed by atoms with van der Waals surface area (Å²) in [4.78, 5) is 16.6. The van der Waals surface area contributed by atoms with E-state index < -0.39 is 0 Å². The van der Waals surface area contributed by atoms with Crippen molar-refractivity contribution in [2.75, 3.05) is 45.8 Å². The molecule has 6 nitrogen and oxygen atoms in total. The van der Waals surface area contributed by atoms with E-state index in [1.54, 1.807) is 6.26 Å². The van der Waals surface area contributed by atoms with Crippen LogP contribution in [0.3, 0.4) is 0 Å². The lowest BCUT2D eigenvalue weighted by Gasteiger charge is -2.43. The Morgan fingerprint density at radius 1 is 1.35 bits per heavy atom. The highest BCUT2D eigenvalue weighted by Crippen LogP contribution is 2.09. The van der Waals surface area contributed by atoms with E-state index in [4.69, 9.17) is 4.42 Å². The van der Waals surface area contributed by atoms with Crippen LogP contribution in [0.2, 0.25) is 0 Å². The summed E-state index contributed by atoms with van der Waals surface area (Å²) in [7, 11) is 0. The van der Waals surface area contributed by atoms with Crippen LogP contribution in [-0.4, -0.2) is 67.6 Å². The number of carbonyl (C=O) groups is 1. The molecule has 0 aliphatic carbocycles. The zero-order valence-electron chi connectivity index (χ0n) is 11.7. The smallest absolute Gasteiger partial charge is 0.234 e. The Bertz CT molecular complexity index is 422. The van der Waals surface area contributed by atoms with Crippen molar-refractivity contribution in [2.24, 2.45) is 0 Å². The number of nitrogens with one attached hydrogen (secondary N) is 2. The molecule has 0 radical (unpaired) electrons. The molecule has 0 spiro atoms. The van der Waals surface area contributed by atoms with Crippen LogP contribution in [-0.2, 0) is 11.3 Å². The molecule has 2 aliphatic rings. The number of hydrogen-bond donors (Lipinski definition) is 2. The second-order valence-corrected chi connectivity index (χ2v) is 5.48. The highest BCUT2D eigenvalue weighted by molar-refractivity contribution is 5.77. The van der Waals surface area contributed by atoms with Gasteiger partial charge < -0.3 is 15.1 Å². The Kier molecular flexibility index (Phi) is 4.34. The van der Waals surface area contributed by atoms with E-state index in [-0.39, 0.29) is 5.91 Å². The first kappa shape index (κ1) is 13.6. The third-order valence-corrected chi connectivity index (χ3v) is 4.09. The maximum absolute atomic E-state index is 11.9. The van der Waals surface area contributed by atoms with E-state index in [9.17, 15) is 4.79 Å². The van der Waals surface area contributed by atoms with Gasteiger partial charge in [-0.15, -0.1) is 0 Å². The Hall–Kier alpha value is -1.37. The second-order valence-electron chi connectivity index (χ2n) is 5.48. The molecule has 110 valence electrons. The average molecular weight is 278 g/mol. The van der Waals surface area contributed by atoms with Crippen LogP contribution in [0, 0.1) is 0 Å². The lowest BCUT2D eigenvalue weighted by molar-refractivity contribution is -0.123. The minimum atomic E-state index is 0.0696. The minimum absolute atomic E-state index is 0.0696. The molecule has 1 aromatic heterocycles. The van der Waals surface area contributed by atoms with Crippen LogP contribution < -0.4 is 10.6 Å². The van der Waals surface area contributed by atoms with Gasteiger partial charge in [-0.05, 0) is 12.1 Å². The Morgan fingerprint density at radius 3 is 2.75 bits per heavy atom. The molecule has 6 heteroatoms. The molecule has 3 heterocycles. The molecule has 2 N–H and O–H groups in total. The molecule has 0 atom stereocenters. The molecule has 3 rings (SSSR count). The van der Waals surface area contributed by atoms with Gasteiger partial charge in [0.25, 0.3) is 0 Å². The molecule has 0 unspecified atom stereocenters. The number of rotatable bonds is 5. The van der Waals surface area contributed by atoms with Gasteiger partial charge >= 0.3 is 0 Å². The normalized spacial score (nSPS) is 21.6. The first-order chi connectivity index (χ1) is 9.81. The second kappa shape index (κ2) is 6.39. The van der Waals surface area contributed by atoms with Gasteiger partial charge in [0.2, 0.25) is 5.91 Å². The first-order valence-corrected chi connectivity index (χ1v) is 7.27. The van der Waals surface area contributed by atoms with Crippen molar-refractivity contribution in [3.63, 3.8) is 0 Å². The highest BCUT2D eigenvalue weighted by atomic mass is 16.3. The van der Waals surface area contributed by atoms with Crippen molar-refractivity contribution in [1.29, 1.82) is 0 Å². The van der Waals surface area contributed by atoms with Crippen LogP contribution in [0.1, 0.15) is 5.76 Å². The molecule has 1 amide bonds. The topological polar surface area (TPSA) is 60.8 Å². The van der Waals surface area contributed by atoms with Crippen LogP contribution >= 0.6 is 0 Å². The van der Waals surface area contributed by atoms with Crippen molar-refractivity contribution in [2.45, 2.75) is 12.6 Å². The number of piperazine rings is 1. The Labute approximate surface area is 119 Å². The van der Waals surface area contributed by atoms with Crippen molar-refractivity contribution in [1.82, 2.24) is 20.4 Å². The zero-order valence-corrected chi connectivity index (χ0v) is 11.7. The Morgan fingerprint density at radius 2 is 2.15 bits per heavy atom. The standard InChI is InChI=1S/C14H22N4O2/c19-14(16-10-13-2-1-7-20-13)11-17-3-5-18(6-4-17)12-8-15-9-12/h1-2,7,12,15H,3-6,8-11H2,(H,16,19). The largest absolute Gasteiger partial charge is 0.467 e. The molecule has 1 aromatic rings. The number of furan rings is 1. The molecule has 20 heavy (non-hydrogen) atoms. The summed E-state index contributed by atoms with van der Waals surface area (Å²) in [6, 6.07) is 4.41. The molecular weight excluding hydrogens is 256 g/mol. The fraction of sp³-hybridized carbons (Fsp3) is 0.643. The van der Waals surface area contributed by atoms with Gasteiger partial charge in [-0.1, -0.05) is 0 Å². The van der Waals surface area contributed by atoms with Crippen LogP contribution in [0.4, 0.5) is 0 Å².